The van der Waals surface area contributed by atoms with Crippen molar-refractivity contribution in [3.8, 4) is 0 Å². The molecule has 3 aromatic heterocycles. The molecule has 10 heteroatoms. The van der Waals surface area contributed by atoms with Crippen molar-refractivity contribution >= 4 is 39.6 Å². The predicted octanol–water partition coefficient (Wildman–Crippen LogP) is 2.38. The van der Waals surface area contributed by atoms with Crippen LogP contribution in [0.2, 0.25) is 0 Å². The van der Waals surface area contributed by atoms with E-state index in [-0.39, 0.29) is 18.0 Å². The van der Waals surface area contributed by atoms with Crippen molar-refractivity contribution in [2.24, 2.45) is 0 Å². The van der Waals surface area contributed by atoms with E-state index in [1.807, 2.05) is 12.3 Å². The van der Waals surface area contributed by atoms with Crippen LogP contribution in [0.4, 0.5) is 15.8 Å². The second-order valence-corrected chi connectivity index (χ2v) is 8.30. The molecule has 1 aliphatic heterocycles. The highest BCUT2D eigenvalue weighted by Crippen LogP contribution is 2.30. The van der Waals surface area contributed by atoms with Crippen molar-refractivity contribution in [2.75, 3.05) is 36.4 Å². The number of nitrogens with one attached hydrogen (secondary N) is 2. The van der Waals surface area contributed by atoms with Crippen molar-refractivity contribution in [3.05, 3.63) is 53.9 Å². The van der Waals surface area contributed by atoms with Crippen LogP contribution in [0, 0.1) is 12.7 Å². The molecule has 33 heavy (non-hydrogen) atoms. The van der Waals surface area contributed by atoms with Crippen molar-refractivity contribution in [1.82, 2.24) is 24.5 Å². The first-order chi connectivity index (χ1) is 15.9. The SMILES string of the molecule is CC(=O)Cn1cc2c(N3CCNCC3)ccc(C(=O)Nc3cc(F)c4nc(C)cn4c3)c2n1. The average molecular weight is 449 g/mol. The molecule has 2 N–H and O–H groups in total. The number of carbonyl (C=O) groups excluding carboxylic acids is 2. The molecule has 0 radical (unpaired) electrons. The topological polar surface area (TPSA) is 96.6 Å². The van der Waals surface area contributed by atoms with Crippen LogP contribution in [0.25, 0.3) is 16.6 Å². The number of aromatic nitrogens is 4. The summed E-state index contributed by atoms with van der Waals surface area (Å²) in [5.74, 6) is -0.960. The quantitative estimate of drug-likeness (QED) is 0.486. The molecular weight excluding hydrogens is 425 g/mol. The van der Waals surface area contributed by atoms with Crippen LogP contribution >= 0.6 is 0 Å². The number of nitrogens with zero attached hydrogens (tertiary/aromatic N) is 5. The Hall–Kier alpha value is -3.79. The van der Waals surface area contributed by atoms with Gasteiger partial charge in [0, 0.05) is 61.9 Å². The number of carbonyl (C=O) groups is 2. The number of hydrogen-bond acceptors (Lipinski definition) is 6. The minimum absolute atomic E-state index is 0.0306. The Morgan fingerprint density at radius 1 is 1.18 bits per heavy atom. The Bertz CT molecular complexity index is 1380. The molecule has 9 nitrogen and oxygen atoms in total. The number of amides is 1. The molecule has 0 aliphatic carbocycles. The number of benzene rings is 1. The predicted molar refractivity (Wildman–Crippen MR) is 123 cm³/mol. The maximum atomic E-state index is 14.5. The van der Waals surface area contributed by atoms with E-state index in [2.05, 4.69) is 25.6 Å². The molecule has 1 amide bonds. The zero-order valence-electron chi connectivity index (χ0n) is 18.4. The fourth-order valence-electron chi connectivity index (χ4n) is 4.26. The number of rotatable bonds is 5. The summed E-state index contributed by atoms with van der Waals surface area (Å²) in [5.41, 5.74) is 3.03. The van der Waals surface area contributed by atoms with Crippen LogP contribution in [0.1, 0.15) is 23.0 Å². The van der Waals surface area contributed by atoms with Crippen LogP contribution in [-0.4, -0.2) is 57.0 Å². The highest BCUT2D eigenvalue weighted by atomic mass is 19.1. The molecule has 0 saturated carbocycles. The molecule has 0 unspecified atom stereocenters. The van der Waals surface area contributed by atoms with Gasteiger partial charge in [0.15, 0.2) is 17.2 Å². The van der Waals surface area contributed by atoms with Crippen molar-refractivity contribution in [3.63, 3.8) is 0 Å². The molecule has 5 rings (SSSR count). The molecule has 1 fully saturated rings. The van der Waals surface area contributed by atoms with E-state index < -0.39 is 11.7 Å². The van der Waals surface area contributed by atoms with Crippen LogP contribution in [0.15, 0.2) is 36.8 Å². The number of ketones is 1. The van der Waals surface area contributed by atoms with Gasteiger partial charge in [0.1, 0.15) is 5.52 Å². The zero-order chi connectivity index (χ0) is 23.1. The maximum absolute atomic E-state index is 14.5. The zero-order valence-corrected chi connectivity index (χ0v) is 18.4. The first kappa shape index (κ1) is 21.1. The lowest BCUT2D eigenvalue weighted by Crippen LogP contribution is -2.43. The minimum Gasteiger partial charge on any atom is -0.368 e. The van der Waals surface area contributed by atoms with Gasteiger partial charge in [-0.15, -0.1) is 0 Å². The van der Waals surface area contributed by atoms with Gasteiger partial charge in [-0.25, -0.2) is 9.37 Å². The van der Waals surface area contributed by atoms with E-state index in [0.29, 0.717) is 22.5 Å². The van der Waals surface area contributed by atoms with Crippen molar-refractivity contribution in [2.45, 2.75) is 20.4 Å². The number of piperazine rings is 1. The Kier molecular flexibility index (Phi) is 5.29. The molecule has 1 aliphatic rings. The van der Waals surface area contributed by atoms with Crippen LogP contribution in [-0.2, 0) is 11.3 Å². The molecule has 170 valence electrons. The summed E-state index contributed by atoms with van der Waals surface area (Å²) in [7, 11) is 0. The first-order valence-corrected chi connectivity index (χ1v) is 10.8. The summed E-state index contributed by atoms with van der Waals surface area (Å²) in [6, 6.07) is 4.89. The van der Waals surface area contributed by atoms with E-state index in [1.54, 1.807) is 34.5 Å². The molecular formula is C23H24FN7O2. The molecule has 0 atom stereocenters. The number of imidazole rings is 1. The van der Waals surface area contributed by atoms with Crippen molar-refractivity contribution in [1.29, 1.82) is 0 Å². The third-order valence-corrected chi connectivity index (χ3v) is 5.67. The van der Waals surface area contributed by atoms with E-state index in [9.17, 15) is 14.0 Å². The average Bonchev–Trinajstić information content (AvgIpc) is 3.36. The molecule has 0 spiro atoms. The second-order valence-electron chi connectivity index (χ2n) is 8.30. The second kappa shape index (κ2) is 8.28. The normalized spacial score (nSPS) is 14.2. The summed E-state index contributed by atoms with van der Waals surface area (Å²) in [4.78, 5) is 31.3. The fourth-order valence-corrected chi connectivity index (χ4v) is 4.26. The van der Waals surface area contributed by atoms with Gasteiger partial charge < -0.3 is 19.9 Å². The third-order valence-electron chi connectivity index (χ3n) is 5.67. The Labute approximate surface area is 189 Å². The van der Waals surface area contributed by atoms with Crippen LogP contribution in [0.3, 0.4) is 0 Å². The van der Waals surface area contributed by atoms with Crippen LogP contribution in [0.5, 0.6) is 0 Å². The lowest BCUT2D eigenvalue weighted by molar-refractivity contribution is -0.117. The summed E-state index contributed by atoms with van der Waals surface area (Å²) in [6.07, 6.45) is 5.12. The maximum Gasteiger partial charge on any atom is 0.257 e. The molecule has 1 saturated heterocycles. The molecule has 4 heterocycles. The molecule has 1 aromatic carbocycles. The number of Topliss-reactive ketones (excluding diaryl/α,β-unsaturated/α-hetero) is 1. The van der Waals surface area contributed by atoms with E-state index in [4.69, 9.17) is 0 Å². The van der Waals surface area contributed by atoms with Gasteiger partial charge in [-0.3, -0.25) is 14.3 Å². The van der Waals surface area contributed by atoms with Gasteiger partial charge in [-0.05, 0) is 26.0 Å². The van der Waals surface area contributed by atoms with Gasteiger partial charge in [-0.2, -0.15) is 5.10 Å². The molecule has 0 bridgehead atoms. The number of hydrogen-bond donors (Lipinski definition) is 2. The monoisotopic (exact) mass is 449 g/mol. The Balaban J connectivity index is 1.53. The minimum atomic E-state index is -0.522. The van der Waals surface area contributed by atoms with Crippen LogP contribution < -0.4 is 15.5 Å². The lowest BCUT2D eigenvalue weighted by atomic mass is 10.1. The standard InChI is InChI=1S/C23H24FN7O2/c1-14-10-30-12-16(9-19(24)22(30)26-14)27-23(33)17-3-4-20(29-7-5-25-6-8-29)18-13-31(11-15(2)32)28-21(17)18/h3-4,9-10,12-13,25H,5-8,11H2,1-2H3,(H,27,33). The van der Waals surface area contributed by atoms with Crippen molar-refractivity contribution < 1.29 is 14.0 Å². The van der Waals surface area contributed by atoms with E-state index >= 15 is 0 Å². The van der Waals surface area contributed by atoms with E-state index in [1.165, 1.54) is 13.0 Å². The number of fused-ring (bicyclic) bond motifs is 2. The lowest BCUT2D eigenvalue weighted by Gasteiger charge is -2.30. The Morgan fingerprint density at radius 3 is 2.73 bits per heavy atom. The number of pyridine rings is 1. The third kappa shape index (κ3) is 4.05. The molecule has 4 aromatic rings. The summed E-state index contributed by atoms with van der Waals surface area (Å²) >= 11 is 0. The summed E-state index contributed by atoms with van der Waals surface area (Å²) in [6.45, 7) is 6.81. The highest BCUT2D eigenvalue weighted by molar-refractivity contribution is 6.14. The van der Waals surface area contributed by atoms with E-state index in [0.717, 1.165) is 37.3 Å². The highest BCUT2D eigenvalue weighted by Gasteiger charge is 2.21. The summed E-state index contributed by atoms with van der Waals surface area (Å²) in [5, 5.41) is 11.5. The van der Waals surface area contributed by atoms with Gasteiger partial charge >= 0.3 is 0 Å². The summed E-state index contributed by atoms with van der Waals surface area (Å²) < 4.78 is 17.6. The largest absolute Gasteiger partial charge is 0.368 e. The van der Waals surface area contributed by atoms with Gasteiger partial charge in [0.25, 0.3) is 5.91 Å². The Morgan fingerprint density at radius 2 is 1.97 bits per heavy atom. The van der Waals surface area contributed by atoms with Gasteiger partial charge in [0.2, 0.25) is 0 Å². The van der Waals surface area contributed by atoms with Gasteiger partial charge in [-0.1, -0.05) is 0 Å². The number of anilines is 2. The number of aryl methyl sites for hydroxylation is 1. The fraction of sp³-hybridized carbons (Fsp3) is 0.304. The first-order valence-electron chi connectivity index (χ1n) is 10.8. The number of halogens is 1. The van der Waals surface area contributed by atoms with Gasteiger partial charge in [0.05, 0.1) is 23.5 Å². The smallest absolute Gasteiger partial charge is 0.257 e.